The van der Waals surface area contributed by atoms with Crippen molar-refractivity contribution in [1.29, 1.82) is 0 Å². The van der Waals surface area contributed by atoms with Gasteiger partial charge in [-0.05, 0) is 0 Å². The van der Waals surface area contributed by atoms with Crippen LogP contribution in [0.25, 0.3) is 0 Å². The van der Waals surface area contributed by atoms with Gasteiger partial charge in [0.2, 0.25) is 0 Å². The Morgan fingerprint density at radius 2 is 0.308 bits per heavy atom. The summed E-state index contributed by atoms with van der Waals surface area (Å²) in [6.07, 6.45) is 0. The van der Waals surface area contributed by atoms with Gasteiger partial charge >= 0.3 is 0 Å². The minimum atomic E-state index is 0.292. The summed E-state index contributed by atoms with van der Waals surface area (Å²) in [6, 6.07) is 0. The lowest BCUT2D eigenvalue weighted by Gasteiger charge is -2.16. The van der Waals surface area contributed by atoms with Gasteiger partial charge in [0, 0.05) is 13.1 Å². The van der Waals surface area contributed by atoms with Crippen molar-refractivity contribution in [1.82, 2.24) is 326 Å². The summed E-state index contributed by atoms with van der Waals surface area (Å²) in [4.78, 5) is 0. The third-order valence-corrected chi connectivity index (χ3v) is 4.32. The molecule has 0 unspecified atom stereocenters. The molecule has 0 atom stereocenters. The summed E-state index contributed by atoms with van der Waals surface area (Å²) in [6.45, 7) is 1.70. The molecule has 0 heterocycles. The Kier molecular flexibility index (Phi) is 59.2. The fourth-order valence-corrected chi connectivity index (χ4v) is 2.17. The predicted octanol–water partition coefficient (Wildman–Crippen LogP) is -30.2. The molecule has 0 aliphatic heterocycles. The van der Waals surface area contributed by atoms with Crippen LogP contribution in [-0.2, 0) is 0 Å². The summed E-state index contributed by atoms with van der Waals surface area (Å²) in [5.41, 5.74) is 150. The van der Waals surface area contributed by atoms with Gasteiger partial charge < -0.3 is 0 Å². The van der Waals surface area contributed by atoms with Crippen LogP contribution >= 0.6 is 0 Å². The third-order valence-electron chi connectivity index (χ3n) is 4.32. The predicted molar refractivity (Wildman–Crippen MR) is 213 cm³/mol. The van der Waals surface area contributed by atoms with E-state index in [0.29, 0.717) is 26.4 Å². The maximum Gasteiger partial charge on any atom is 0.0748 e. The van der Waals surface area contributed by atoms with Crippen LogP contribution in [0.4, 0.5) is 0 Å². The second kappa shape index (κ2) is 61.6. The van der Waals surface area contributed by atoms with Crippen molar-refractivity contribution in [3.05, 3.63) is 0 Å². The number of hydrogen-bond acceptors (Lipinski definition) is 61. The van der Waals surface area contributed by atoms with E-state index in [4.69, 9.17) is 11.7 Å². The zero-order chi connectivity index (χ0) is 46.5. The van der Waals surface area contributed by atoms with Gasteiger partial charge in [-0.15, -0.1) is 0 Å². The molecule has 0 spiro atoms. The Hall–Kier alpha value is -2.44. The van der Waals surface area contributed by atoms with Gasteiger partial charge in [-0.25, -0.2) is 32.6 Å². The van der Waals surface area contributed by atoms with Crippen LogP contribution < -0.4 is 338 Å². The minimum Gasteiger partial charge on any atom is -0.270 e. The van der Waals surface area contributed by atoms with E-state index in [-0.39, 0.29) is 0 Å². The first kappa shape index (κ1) is 62.6. The average Bonchev–Trinajstić information content (AvgIpc) is 3.32. The second-order valence-corrected chi connectivity index (χ2v) is 8.59. The Balaban J connectivity index is 3.06. The highest BCUT2D eigenvalue weighted by atomic mass is 16.0. The lowest BCUT2D eigenvalue weighted by Crippen LogP contribution is -2.70. The van der Waals surface area contributed by atoms with E-state index < -0.39 is 0 Å². The SMILES string of the molecule is NNCNNNNNNNNNNNNNNNNNNNNNNNNNCNNNNNNNCCNNNNNNNNNNNNNNNNNNNNNNNNNNN. The number of nitrogens with two attached hydrogens (primary N) is 2. The van der Waals surface area contributed by atoms with Gasteiger partial charge in [-0.2, -0.15) is 293 Å². The molecule has 0 aromatic rings. The van der Waals surface area contributed by atoms with E-state index in [9.17, 15) is 0 Å². The highest BCUT2D eigenvalue weighted by Gasteiger charge is 1.90. The average molecular weight is 974 g/mol. The number of hydrazine groups is 57. The molecule has 61 nitrogen and oxygen atoms in total. The quantitative estimate of drug-likeness (QED) is 0.0116. The monoisotopic (exact) mass is 974 g/mol. The lowest BCUT2D eigenvalue weighted by molar-refractivity contribution is 0.186. The Labute approximate surface area is 364 Å². The molecule has 61 heteroatoms. The van der Waals surface area contributed by atoms with Gasteiger partial charge in [0.05, 0.1) is 13.3 Å². The molecule has 0 aromatic carbocycles. The number of hydrogen-bond donors (Lipinski definition) is 61. The zero-order valence-electron chi connectivity index (χ0n) is 33.5. The molecule has 0 radical (unpaired) electrons. The van der Waals surface area contributed by atoms with Gasteiger partial charge in [0.15, 0.2) is 0 Å². The maximum atomic E-state index is 5.06. The van der Waals surface area contributed by atoms with Crippen molar-refractivity contribution in [3.63, 3.8) is 0 Å². The maximum absolute atomic E-state index is 5.06. The van der Waals surface area contributed by atoms with E-state index >= 15 is 0 Å². The molecular weight excluding hydrogens is 902 g/mol. The van der Waals surface area contributed by atoms with Gasteiger partial charge in [-0.3, -0.25) is 11.7 Å². The standard InChI is InChI=1S/C4H71N61/c5-7-3-10-16-22-28-32-36-40-44-48-52-56-60-63-61-57-53-49-45-41-37-33-29-24-18-12-4-11-17-23-26-20-14-8-1-2-9-15-21-27-31-35-39-43-47-51-55-59-64-65-62-58-54-50-46-42-38-34-30-25-19-13-6/h7-65H,1-6H2. The van der Waals surface area contributed by atoms with Gasteiger partial charge in [0.1, 0.15) is 0 Å². The summed E-state index contributed by atoms with van der Waals surface area (Å²) in [5.74, 6) is 10.0. The zero-order valence-corrected chi connectivity index (χ0v) is 33.5. The van der Waals surface area contributed by atoms with Crippen molar-refractivity contribution in [2.75, 3.05) is 26.4 Å². The van der Waals surface area contributed by atoms with E-state index in [0.717, 1.165) is 0 Å². The van der Waals surface area contributed by atoms with Crippen LogP contribution in [-0.4, -0.2) is 26.4 Å². The largest absolute Gasteiger partial charge is 0.270 e. The van der Waals surface area contributed by atoms with Crippen molar-refractivity contribution >= 4 is 0 Å². The fraction of sp³-hybridized carbons (Fsp3) is 1.00. The summed E-state index contributed by atoms with van der Waals surface area (Å²) in [7, 11) is 0. The van der Waals surface area contributed by atoms with Crippen LogP contribution in [0.5, 0.6) is 0 Å². The highest BCUT2D eigenvalue weighted by Crippen LogP contribution is 1.47. The normalized spacial score (nSPS) is 11.7. The topological polar surface area (TPSA) is 762 Å². The number of rotatable bonds is 62. The Bertz CT molecular complexity index is 713. The molecule has 0 aliphatic rings. The van der Waals surface area contributed by atoms with Gasteiger partial charge in [0.25, 0.3) is 0 Å². The molecule has 0 saturated heterocycles. The molecule has 0 saturated carbocycles. The van der Waals surface area contributed by atoms with Crippen LogP contribution in [0.3, 0.4) is 0 Å². The Morgan fingerprint density at radius 3 is 0.492 bits per heavy atom. The van der Waals surface area contributed by atoms with Crippen LogP contribution in [0, 0.1) is 0 Å². The molecular formula is C4H71N61. The van der Waals surface area contributed by atoms with Crippen LogP contribution in [0.15, 0.2) is 0 Å². The molecule has 0 fully saturated rings. The molecule has 0 aliphatic carbocycles. The molecule has 0 rings (SSSR count). The molecule has 63 N–H and O–H groups in total. The summed E-state index contributed by atoms with van der Waals surface area (Å²) < 4.78 is 0. The first-order chi connectivity index (χ1) is 32.4. The van der Waals surface area contributed by atoms with Gasteiger partial charge in [-0.1, -0.05) is 0 Å². The molecule has 65 heavy (non-hydrogen) atoms. The summed E-state index contributed by atoms with van der Waals surface area (Å²) >= 11 is 0. The Morgan fingerprint density at radius 1 is 0.154 bits per heavy atom. The molecule has 0 bridgehead atoms. The molecule has 392 valence electrons. The van der Waals surface area contributed by atoms with E-state index in [1.54, 1.807) is 0 Å². The van der Waals surface area contributed by atoms with Crippen molar-refractivity contribution in [3.8, 4) is 0 Å². The minimum absolute atomic E-state index is 0.292. The van der Waals surface area contributed by atoms with Crippen molar-refractivity contribution in [2.45, 2.75) is 0 Å². The van der Waals surface area contributed by atoms with Crippen molar-refractivity contribution in [2.24, 2.45) is 11.7 Å². The van der Waals surface area contributed by atoms with Crippen LogP contribution in [0.1, 0.15) is 0 Å². The highest BCUT2D eigenvalue weighted by molar-refractivity contribution is 4.40. The fourth-order valence-electron chi connectivity index (χ4n) is 2.17. The lowest BCUT2D eigenvalue weighted by atomic mass is 10.7. The summed E-state index contributed by atoms with van der Waals surface area (Å²) in [5, 5.41) is 0. The second-order valence-electron chi connectivity index (χ2n) is 8.59. The van der Waals surface area contributed by atoms with E-state index in [1.807, 2.05) is 0 Å². The van der Waals surface area contributed by atoms with Crippen molar-refractivity contribution < 1.29 is 0 Å². The first-order valence-electron chi connectivity index (χ1n) is 16.9. The van der Waals surface area contributed by atoms with Crippen LogP contribution in [0.2, 0.25) is 0 Å². The van der Waals surface area contributed by atoms with E-state index in [1.165, 1.54) is 0 Å². The first-order valence-corrected chi connectivity index (χ1v) is 16.9. The molecule has 0 aromatic heterocycles. The molecule has 0 amide bonds. The smallest absolute Gasteiger partial charge is 0.0748 e. The van der Waals surface area contributed by atoms with E-state index in [2.05, 4.69) is 326 Å². The number of nitrogens with one attached hydrogen (secondary N) is 59. The third kappa shape index (κ3) is 61.6.